The third kappa shape index (κ3) is 4.12. The molecule has 0 aliphatic carbocycles. The second kappa shape index (κ2) is 5.97. The van der Waals surface area contributed by atoms with Gasteiger partial charge in [-0.05, 0) is 35.1 Å². The molecule has 0 aromatic heterocycles. The molecule has 0 saturated carbocycles. The minimum atomic E-state index is -0.353. The quantitative estimate of drug-likeness (QED) is 0.866. The molecule has 0 heterocycles. The van der Waals surface area contributed by atoms with E-state index in [0.29, 0.717) is 18.0 Å². The Morgan fingerprint density at radius 1 is 1.33 bits per heavy atom. The maximum absolute atomic E-state index is 13.2. The van der Waals surface area contributed by atoms with E-state index in [1.807, 2.05) is 6.07 Å². The summed E-state index contributed by atoms with van der Waals surface area (Å²) in [4.78, 5) is 0. The lowest BCUT2D eigenvalue weighted by molar-refractivity contribution is 0.238. The molecule has 1 aromatic rings. The van der Waals surface area contributed by atoms with Crippen LogP contribution in [-0.4, -0.2) is 6.54 Å². The molecule has 1 rings (SSSR count). The summed E-state index contributed by atoms with van der Waals surface area (Å²) in [6.45, 7) is 10.2. The van der Waals surface area contributed by atoms with Crippen molar-refractivity contribution in [2.75, 3.05) is 6.54 Å². The molecule has 0 atom stereocenters. The standard InChI is InChI=1S/C15H21FN2/c1-11(2)15(3,4)10-18-9-13-5-12(8-17)6-14(16)7-13/h5-7,11,18H,9-10H2,1-4H3. The smallest absolute Gasteiger partial charge is 0.124 e. The molecule has 0 spiro atoms. The van der Waals surface area contributed by atoms with Crippen molar-refractivity contribution in [3.05, 3.63) is 35.1 Å². The van der Waals surface area contributed by atoms with Gasteiger partial charge in [-0.15, -0.1) is 0 Å². The van der Waals surface area contributed by atoms with Crippen molar-refractivity contribution in [2.45, 2.75) is 34.2 Å². The average Bonchev–Trinajstić information content (AvgIpc) is 2.27. The van der Waals surface area contributed by atoms with Crippen LogP contribution in [0.15, 0.2) is 18.2 Å². The molecule has 0 fully saturated rings. The molecule has 1 aromatic carbocycles. The van der Waals surface area contributed by atoms with Crippen LogP contribution < -0.4 is 5.32 Å². The van der Waals surface area contributed by atoms with Gasteiger partial charge in [0.15, 0.2) is 0 Å². The Balaban J connectivity index is 2.60. The number of hydrogen-bond acceptors (Lipinski definition) is 2. The maximum Gasteiger partial charge on any atom is 0.124 e. The largest absolute Gasteiger partial charge is 0.312 e. The summed E-state index contributed by atoms with van der Waals surface area (Å²) < 4.78 is 13.2. The van der Waals surface area contributed by atoms with E-state index in [1.165, 1.54) is 12.1 Å². The van der Waals surface area contributed by atoms with Gasteiger partial charge in [0, 0.05) is 13.1 Å². The van der Waals surface area contributed by atoms with Gasteiger partial charge in [-0.1, -0.05) is 27.7 Å². The Kier molecular flexibility index (Phi) is 4.86. The van der Waals surface area contributed by atoms with Crippen molar-refractivity contribution in [1.82, 2.24) is 5.32 Å². The number of hydrogen-bond donors (Lipinski definition) is 1. The molecule has 1 N–H and O–H groups in total. The number of benzene rings is 1. The molecule has 0 saturated heterocycles. The molecule has 0 bridgehead atoms. The van der Waals surface area contributed by atoms with Crippen molar-refractivity contribution < 1.29 is 4.39 Å². The monoisotopic (exact) mass is 248 g/mol. The van der Waals surface area contributed by atoms with E-state index in [-0.39, 0.29) is 11.2 Å². The predicted molar refractivity (Wildman–Crippen MR) is 71.4 cm³/mol. The summed E-state index contributed by atoms with van der Waals surface area (Å²) in [6.07, 6.45) is 0. The van der Waals surface area contributed by atoms with E-state index in [4.69, 9.17) is 5.26 Å². The van der Waals surface area contributed by atoms with Gasteiger partial charge in [-0.25, -0.2) is 4.39 Å². The number of nitrogens with zero attached hydrogens (tertiary/aromatic N) is 1. The van der Waals surface area contributed by atoms with Gasteiger partial charge < -0.3 is 5.32 Å². The lowest BCUT2D eigenvalue weighted by Gasteiger charge is -2.29. The number of nitriles is 1. The lowest BCUT2D eigenvalue weighted by atomic mass is 9.81. The minimum Gasteiger partial charge on any atom is -0.312 e. The van der Waals surface area contributed by atoms with Crippen LogP contribution in [-0.2, 0) is 6.54 Å². The van der Waals surface area contributed by atoms with E-state index in [2.05, 4.69) is 33.0 Å². The fraction of sp³-hybridized carbons (Fsp3) is 0.533. The highest BCUT2D eigenvalue weighted by molar-refractivity contribution is 5.33. The molecule has 0 aliphatic heterocycles. The molecule has 2 nitrogen and oxygen atoms in total. The molecular weight excluding hydrogens is 227 g/mol. The first-order valence-corrected chi connectivity index (χ1v) is 6.25. The SMILES string of the molecule is CC(C)C(C)(C)CNCc1cc(F)cc(C#N)c1. The summed E-state index contributed by atoms with van der Waals surface area (Å²) in [5.74, 6) is 0.223. The van der Waals surface area contributed by atoms with Gasteiger partial charge >= 0.3 is 0 Å². The molecule has 18 heavy (non-hydrogen) atoms. The van der Waals surface area contributed by atoms with Crippen LogP contribution in [0.1, 0.15) is 38.8 Å². The first kappa shape index (κ1) is 14.7. The van der Waals surface area contributed by atoms with Gasteiger partial charge in [0.2, 0.25) is 0 Å². The van der Waals surface area contributed by atoms with Crippen LogP contribution in [0.25, 0.3) is 0 Å². The summed E-state index contributed by atoms with van der Waals surface area (Å²) in [5, 5.41) is 12.1. The molecule has 0 amide bonds. The molecular formula is C15H21FN2. The summed E-state index contributed by atoms with van der Waals surface area (Å²) in [5.41, 5.74) is 1.38. The number of rotatable bonds is 5. The van der Waals surface area contributed by atoms with Crippen molar-refractivity contribution in [1.29, 1.82) is 5.26 Å². The summed E-state index contributed by atoms with van der Waals surface area (Å²) in [7, 11) is 0. The van der Waals surface area contributed by atoms with Gasteiger partial charge in [0.05, 0.1) is 11.6 Å². The normalized spacial score (nSPS) is 11.6. The topological polar surface area (TPSA) is 35.8 Å². The van der Waals surface area contributed by atoms with Crippen LogP contribution in [0.4, 0.5) is 4.39 Å². The van der Waals surface area contributed by atoms with E-state index in [9.17, 15) is 4.39 Å². The first-order chi connectivity index (χ1) is 8.35. The van der Waals surface area contributed by atoms with Crippen LogP contribution >= 0.6 is 0 Å². The summed E-state index contributed by atoms with van der Waals surface area (Å²) >= 11 is 0. The average molecular weight is 248 g/mol. The van der Waals surface area contributed by atoms with Crippen molar-refractivity contribution in [2.24, 2.45) is 11.3 Å². The molecule has 0 unspecified atom stereocenters. The number of halogens is 1. The van der Waals surface area contributed by atoms with Crippen LogP contribution in [0.2, 0.25) is 0 Å². The Morgan fingerprint density at radius 3 is 2.56 bits per heavy atom. The molecule has 98 valence electrons. The Hall–Kier alpha value is -1.40. The fourth-order valence-electron chi connectivity index (χ4n) is 1.55. The van der Waals surface area contributed by atoms with Crippen molar-refractivity contribution in [3.8, 4) is 6.07 Å². The third-order valence-electron chi connectivity index (χ3n) is 3.56. The maximum atomic E-state index is 13.2. The van der Waals surface area contributed by atoms with Crippen LogP contribution in [0.5, 0.6) is 0 Å². The predicted octanol–water partition coefficient (Wildman–Crippen LogP) is 3.47. The van der Waals surface area contributed by atoms with E-state index in [0.717, 1.165) is 12.1 Å². The minimum absolute atomic E-state index is 0.200. The highest BCUT2D eigenvalue weighted by Gasteiger charge is 2.21. The van der Waals surface area contributed by atoms with Gasteiger partial charge in [0.1, 0.15) is 5.82 Å². The second-order valence-electron chi connectivity index (χ2n) is 5.71. The molecule has 0 aliphatic rings. The fourth-order valence-corrected chi connectivity index (χ4v) is 1.55. The lowest BCUT2D eigenvalue weighted by Crippen LogP contribution is -2.33. The van der Waals surface area contributed by atoms with Gasteiger partial charge in [-0.3, -0.25) is 0 Å². The highest BCUT2D eigenvalue weighted by Crippen LogP contribution is 2.24. The van der Waals surface area contributed by atoms with E-state index in [1.54, 1.807) is 6.07 Å². The van der Waals surface area contributed by atoms with Crippen molar-refractivity contribution in [3.63, 3.8) is 0 Å². The number of nitrogens with one attached hydrogen (secondary N) is 1. The summed E-state index contributed by atoms with van der Waals surface area (Å²) in [6, 6.07) is 6.41. The highest BCUT2D eigenvalue weighted by atomic mass is 19.1. The molecule has 0 radical (unpaired) electrons. The van der Waals surface area contributed by atoms with Crippen LogP contribution in [0, 0.1) is 28.5 Å². The Morgan fingerprint density at radius 2 is 2.00 bits per heavy atom. The third-order valence-corrected chi connectivity index (χ3v) is 3.56. The van der Waals surface area contributed by atoms with Gasteiger partial charge in [0.25, 0.3) is 0 Å². The van der Waals surface area contributed by atoms with Gasteiger partial charge in [-0.2, -0.15) is 5.26 Å². The Bertz CT molecular complexity index is 444. The van der Waals surface area contributed by atoms with Crippen LogP contribution in [0.3, 0.4) is 0 Å². The van der Waals surface area contributed by atoms with E-state index >= 15 is 0 Å². The zero-order valence-electron chi connectivity index (χ0n) is 11.5. The van der Waals surface area contributed by atoms with Crippen molar-refractivity contribution >= 4 is 0 Å². The Labute approximate surface area is 109 Å². The molecule has 3 heteroatoms. The zero-order chi connectivity index (χ0) is 13.8. The zero-order valence-corrected chi connectivity index (χ0v) is 11.5. The second-order valence-corrected chi connectivity index (χ2v) is 5.71. The van der Waals surface area contributed by atoms with E-state index < -0.39 is 0 Å². The first-order valence-electron chi connectivity index (χ1n) is 6.25.